The Morgan fingerprint density at radius 2 is 1.45 bits per heavy atom. The smallest absolute Gasteiger partial charge is 0.339 e. The van der Waals surface area contributed by atoms with Crippen molar-refractivity contribution in [3.63, 3.8) is 0 Å². The van der Waals surface area contributed by atoms with Gasteiger partial charge in [0.25, 0.3) is 5.91 Å². The number of para-hydroxylation sites is 1. The molecular formula is C27H25NO3. The normalized spacial score (nSPS) is 11.9. The van der Waals surface area contributed by atoms with E-state index in [-0.39, 0.29) is 12.5 Å². The number of nitrogens with one attached hydrogen (secondary N) is 1. The third-order valence-electron chi connectivity index (χ3n) is 5.69. The molecule has 0 radical (unpaired) electrons. The summed E-state index contributed by atoms with van der Waals surface area (Å²) in [6.45, 7) is 3.89. The van der Waals surface area contributed by atoms with Crippen LogP contribution in [-0.4, -0.2) is 18.5 Å². The lowest BCUT2D eigenvalue weighted by Gasteiger charge is -2.16. The third-order valence-corrected chi connectivity index (χ3v) is 5.69. The number of amides is 1. The number of hydrogen-bond acceptors (Lipinski definition) is 3. The second-order valence-electron chi connectivity index (χ2n) is 7.71. The molecule has 0 unspecified atom stereocenters. The molecule has 4 heteroatoms. The maximum absolute atomic E-state index is 13.0. The van der Waals surface area contributed by atoms with Crippen LogP contribution in [0.25, 0.3) is 21.5 Å². The highest BCUT2D eigenvalue weighted by molar-refractivity contribution is 6.16. The first-order chi connectivity index (χ1) is 15.1. The largest absolute Gasteiger partial charge is 0.452 e. The van der Waals surface area contributed by atoms with E-state index >= 15 is 0 Å². The van der Waals surface area contributed by atoms with Crippen molar-refractivity contribution in [1.29, 1.82) is 0 Å². The van der Waals surface area contributed by atoms with Crippen LogP contribution in [0.4, 0.5) is 5.69 Å². The van der Waals surface area contributed by atoms with E-state index in [1.807, 2.05) is 72.8 Å². The SMILES string of the molecule is CC[C@H](C)c1ccccc1NC(=O)COC(=O)c1c2ccccc2cc2ccccc12. The maximum Gasteiger partial charge on any atom is 0.339 e. The van der Waals surface area contributed by atoms with Crippen molar-refractivity contribution >= 4 is 39.1 Å². The molecule has 0 bridgehead atoms. The van der Waals surface area contributed by atoms with E-state index in [9.17, 15) is 9.59 Å². The quantitative estimate of drug-likeness (QED) is 0.299. The van der Waals surface area contributed by atoms with Crippen LogP contribution in [0.1, 0.15) is 42.1 Å². The number of fused-ring (bicyclic) bond motifs is 2. The minimum Gasteiger partial charge on any atom is -0.452 e. The standard InChI is InChI=1S/C27H25NO3/c1-3-18(2)21-12-8-9-15-24(21)28-25(29)17-31-27(30)26-22-13-6-4-10-19(22)16-20-11-5-7-14-23(20)26/h4-16,18H,3,17H2,1-2H3,(H,28,29)/t18-/m0/s1. The van der Waals surface area contributed by atoms with Gasteiger partial charge in [-0.05, 0) is 51.6 Å². The average molecular weight is 412 g/mol. The summed E-state index contributed by atoms with van der Waals surface area (Å²) in [4.78, 5) is 25.6. The Hall–Kier alpha value is -3.66. The zero-order valence-electron chi connectivity index (χ0n) is 17.7. The van der Waals surface area contributed by atoms with E-state index in [1.165, 1.54) is 0 Å². The molecule has 0 aliphatic rings. The fourth-order valence-electron chi connectivity index (χ4n) is 3.88. The summed E-state index contributed by atoms with van der Waals surface area (Å²) in [5, 5.41) is 6.43. The van der Waals surface area contributed by atoms with Gasteiger partial charge < -0.3 is 10.1 Å². The van der Waals surface area contributed by atoms with Gasteiger partial charge in [-0.1, -0.05) is 80.6 Å². The van der Waals surface area contributed by atoms with Gasteiger partial charge in [0.05, 0.1) is 5.56 Å². The van der Waals surface area contributed by atoms with E-state index < -0.39 is 5.97 Å². The summed E-state index contributed by atoms with van der Waals surface area (Å²) in [6, 6.07) is 25.2. The minimum atomic E-state index is -0.502. The Morgan fingerprint density at radius 1 is 0.871 bits per heavy atom. The van der Waals surface area contributed by atoms with Gasteiger partial charge in [0.15, 0.2) is 6.61 Å². The zero-order chi connectivity index (χ0) is 21.8. The second kappa shape index (κ2) is 9.00. The average Bonchev–Trinajstić information content (AvgIpc) is 2.80. The van der Waals surface area contributed by atoms with Crippen LogP contribution in [0, 0.1) is 0 Å². The number of hydrogen-bond donors (Lipinski definition) is 1. The summed E-state index contributed by atoms with van der Waals surface area (Å²) in [6.07, 6.45) is 0.968. The van der Waals surface area contributed by atoms with Gasteiger partial charge in [0.1, 0.15) is 0 Å². The van der Waals surface area contributed by atoms with Gasteiger partial charge in [-0.25, -0.2) is 4.79 Å². The van der Waals surface area contributed by atoms with Crippen LogP contribution in [0.2, 0.25) is 0 Å². The Bertz CT molecular complexity index is 1210. The van der Waals surface area contributed by atoms with Gasteiger partial charge >= 0.3 is 5.97 Å². The van der Waals surface area contributed by atoms with Crippen LogP contribution >= 0.6 is 0 Å². The zero-order valence-corrected chi connectivity index (χ0v) is 17.7. The molecule has 156 valence electrons. The monoisotopic (exact) mass is 411 g/mol. The molecule has 0 spiro atoms. The van der Waals surface area contributed by atoms with Gasteiger partial charge in [-0.3, -0.25) is 4.79 Å². The Labute approximate surface area is 181 Å². The Morgan fingerprint density at radius 3 is 2.10 bits per heavy atom. The first-order valence-corrected chi connectivity index (χ1v) is 10.5. The fourth-order valence-corrected chi connectivity index (χ4v) is 3.88. The van der Waals surface area contributed by atoms with Crippen LogP contribution in [0.15, 0.2) is 78.9 Å². The maximum atomic E-state index is 13.0. The summed E-state index contributed by atoms with van der Waals surface area (Å²) in [5.74, 6) is -0.534. The summed E-state index contributed by atoms with van der Waals surface area (Å²) < 4.78 is 5.45. The van der Waals surface area contributed by atoms with E-state index in [0.29, 0.717) is 11.5 Å². The third kappa shape index (κ3) is 4.29. The highest BCUT2D eigenvalue weighted by atomic mass is 16.5. The predicted octanol–water partition coefficient (Wildman–Crippen LogP) is 6.30. The number of benzene rings is 4. The molecule has 0 heterocycles. The van der Waals surface area contributed by atoms with Gasteiger partial charge in [-0.2, -0.15) is 0 Å². The van der Waals surface area contributed by atoms with E-state index in [2.05, 4.69) is 25.2 Å². The molecule has 4 aromatic carbocycles. The molecular weight excluding hydrogens is 386 g/mol. The number of carbonyl (C=O) groups is 2. The highest BCUT2D eigenvalue weighted by Gasteiger charge is 2.18. The van der Waals surface area contributed by atoms with Crippen molar-refractivity contribution in [1.82, 2.24) is 0 Å². The van der Waals surface area contributed by atoms with E-state index in [1.54, 1.807) is 0 Å². The molecule has 4 nitrogen and oxygen atoms in total. The molecule has 1 N–H and O–H groups in total. The number of anilines is 1. The lowest BCUT2D eigenvalue weighted by atomic mass is 9.97. The van der Waals surface area contributed by atoms with Gasteiger partial charge in [0.2, 0.25) is 0 Å². The molecule has 31 heavy (non-hydrogen) atoms. The molecule has 0 aliphatic carbocycles. The molecule has 0 saturated heterocycles. The lowest BCUT2D eigenvalue weighted by Crippen LogP contribution is -2.22. The molecule has 0 fully saturated rings. The Balaban J connectivity index is 1.56. The van der Waals surface area contributed by atoms with Crippen molar-refractivity contribution in [3.05, 3.63) is 90.0 Å². The van der Waals surface area contributed by atoms with Gasteiger partial charge in [-0.15, -0.1) is 0 Å². The topological polar surface area (TPSA) is 55.4 Å². The van der Waals surface area contributed by atoms with Crippen molar-refractivity contribution in [2.45, 2.75) is 26.2 Å². The Kier molecular flexibility index (Phi) is 5.99. The highest BCUT2D eigenvalue weighted by Crippen LogP contribution is 2.29. The summed E-state index contributed by atoms with van der Waals surface area (Å²) >= 11 is 0. The van der Waals surface area contributed by atoms with E-state index in [4.69, 9.17) is 4.74 Å². The minimum absolute atomic E-state index is 0.320. The second-order valence-corrected chi connectivity index (χ2v) is 7.71. The van der Waals surface area contributed by atoms with Crippen LogP contribution in [0.5, 0.6) is 0 Å². The van der Waals surface area contributed by atoms with Crippen molar-refractivity contribution in [3.8, 4) is 0 Å². The summed E-state index contributed by atoms with van der Waals surface area (Å²) in [7, 11) is 0. The molecule has 4 rings (SSSR count). The number of esters is 1. The molecule has 4 aromatic rings. The fraction of sp³-hybridized carbons (Fsp3) is 0.185. The van der Waals surface area contributed by atoms with Gasteiger partial charge in [0, 0.05) is 5.69 Å². The van der Waals surface area contributed by atoms with Crippen LogP contribution in [-0.2, 0) is 9.53 Å². The van der Waals surface area contributed by atoms with Crippen LogP contribution < -0.4 is 5.32 Å². The van der Waals surface area contributed by atoms with Crippen molar-refractivity contribution < 1.29 is 14.3 Å². The van der Waals surface area contributed by atoms with E-state index in [0.717, 1.165) is 39.2 Å². The predicted molar refractivity (Wildman–Crippen MR) is 126 cm³/mol. The van der Waals surface area contributed by atoms with Crippen molar-refractivity contribution in [2.24, 2.45) is 0 Å². The first kappa shape index (κ1) is 20.6. The molecule has 0 aliphatic heterocycles. The molecule has 0 aromatic heterocycles. The molecule has 0 saturated carbocycles. The summed E-state index contributed by atoms with van der Waals surface area (Å²) in [5.41, 5.74) is 2.32. The number of ether oxygens (including phenoxy) is 1. The first-order valence-electron chi connectivity index (χ1n) is 10.5. The molecule has 1 amide bonds. The number of carbonyl (C=O) groups excluding carboxylic acids is 2. The lowest BCUT2D eigenvalue weighted by molar-refractivity contribution is -0.119. The van der Waals surface area contributed by atoms with Crippen molar-refractivity contribution in [2.75, 3.05) is 11.9 Å². The molecule has 1 atom stereocenters. The number of rotatable bonds is 6. The van der Waals surface area contributed by atoms with Crippen LogP contribution in [0.3, 0.4) is 0 Å².